The molecule has 4 rings (SSSR count). The maximum absolute atomic E-state index is 14.1. The molecule has 1 fully saturated rings. The van der Waals surface area contributed by atoms with Gasteiger partial charge in [0.2, 0.25) is 0 Å². The molecular weight excluding hydrogens is 583 g/mol. The molecular formula is C32H47N3O6SSi. The Hall–Kier alpha value is -2.38. The summed E-state index contributed by atoms with van der Waals surface area (Å²) in [4.78, 5) is 4.85. The number of ether oxygens (including phenoxy) is 4. The predicted octanol–water partition coefficient (Wildman–Crippen LogP) is 5.25. The van der Waals surface area contributed by atoms with Gasteiger partial charge in [0.05, 0.1) is 31.7 Å². The van der Waals surface area contributed by atoms with E-state index in [4.69, 9.17) is 23.9 Å². The monoisotopic (exact) mass is 629 g/mol. The standard InChI is InChI=1S/C32H47N3O6SSi/c1-31(2,3)43(8,9)30-33-20-26(35(30)42(36,37)34(6)7)28(38-21-24-16-12-10-13-17-24)29(27-23-40-32(4,5)41-27)39-22-25-18-14-11-15-19-25/h10-20,27-29H,21-23H2,1-9H3/t27-,28-,29-/m0/s1. The third kappa shape index (κ3) is 7.47. The van der Waals surface area contributed by atoms with Gasteiger partial charge < -0.3 is 18.9 Å². The minimum Gasteiger partial charge on any atom is -0.368 e. The van der Waals surface area contributed by atoms with E-state index in [1.54, 1.807) is 6.20 Å². The molecule has 3 aromatic rings. The maximum atomic E-state index is 14.1. The number of rotatable bonds is 12. The Kier molecular flexibility index (Phi) is 10.1. The minimum atomic E-state index is -4.00. The van der Waals surface area contributed by atoms with Crippen molar-refractivity contribution in [2.45, 2.75) is 90.1 Å². The van der Waals surface area contributed by atoms with E-state index in [0.29, 0.717) is 11.1 Å². The third-order valence-corrected chi connectivity index (χ3v) is 15.6. The molecule has 236 valence electrons. The average molecular weight is 630 g/mol. The van der Waals surface area contributed by atoms with E-state index in [1.165, 1.54) is 22.4 Å². The summed E-state index contributed by atoms with van der Waals surface area (Å²) < 4.78 is 56.5. The molecule has 1 aliphatic rings. The molecule has 0 bridgehead atoms. The van der Waals surface area contributed by atoms with E-state index in [1.807, 2.05) is 74.5 Å². The van der Waals surface area contributed by atoms with E-state index < -0.39 is 42.4 Å². The molecule has 2 heterocycles. The lowest BCUT2D eigenvalue weighted by atomic mass is 10.0. The number of hydrogen-bond acceptors (Lipinski definition) is 7. The summed E-state index contributed by atoms with van der Waals surface area (Å²) in [7, 11) is -3.39. The fourth-order valence-corrected chi connectivity index (χ4v) is 8.58. The van der Waals surface area contributed by atoms with Gasteiger partial charge >= 0.3 is 10.2 Å². The number of hydrogen-bond donors (Lipinski definition) is 0. The van der Waals surface area contributed by atoms with Crippen molar-refractivity contribution in [3.05, 3.63) is 83.7 Å². The van der Waals surface area contributed by atoms with E-state index in [9.17, 15) is 8.42 Å². The molecule has 43 heavy (non-hydrogen) atoms. The molecule has 0 spiro atoms. The van der Waals surface area contributed by atoms with Crippen LogP contribution in [0.3, 0.4) is 0 Å². The Bertz CT molecular complexity index is 1450. The van der Waals surface area contributed by atoms with Gasteiger partial charge in [-0.25, -0.2) is 8.96 Å². The lowest BCUT2D eigenvalue weighted by molar-refractivity contribution is -0.181. The second-order valence-corrected chi connectivity index (χ2v) is 20.5. The first-order chi connectivity index (χ1) is 20.0. The topological polar surface area (TPSA) is 92.1 Å². The van der Waals surface area contributed by atoms with Crippen LogP contribution in [-0.2, 0) is 42.4 Å². The highest BCUT2D eigenvalue weighted by Gasteiger charge is 2.48. The second kappa shape index (κ2) is 12.9. The van der Waals surface area contributed by atoms with Gasteiger partial charge in [0.1, 0.15) is 31.8 Å². The van der Waals surface area contributed by atoms with Gasteiger partial charge in [0.15, 0.2) is 5.79 Å². The van der Waals surface area contributed by atoms with Gasteiger partial charge in [-0.15, -0.1) is 0 Å². The largest absolute Gasteiger partial charge is 0.368 e. The van der Waals surface area contributed by atoms with E-state index in [2.05, 4.69) is 33.9 Å². The van der Waals surface area contributed by atoms with Crippen LogP contribution in [0, 0.1) is 0 Å². The van der Waals surface area contributed by atoms with Crippen LogP contribution in [0.1, 0.15) is 57.5 Å². The van der Waals surface area contributed by atoms with E-state index in [-0.39, 0.29) is 24.9 Å². The molecule has 1 saturated heterocycles. The molecule has 0 radical (unpaired) electrons. The molecule has 0 amide bonds. The second-order valence-electron chi connectivity index (χ2n) is 13.3. The number of benzene rings is 2. The Morgan fingerprint density at radius 3 is 2.00 bits per heavy atom. The molecule has 3 atom stereocenters. The van der Waals surface area contributed by atoms with Crippen molar-refractivity contribution < 1.29 is 27.4 Å². The quantitative estimate of drug-likeness (QED) is 0.253. The maximum Gasteiger partial charge on any atom is 0.308 e. The van der Waals surface area contributed by atoms with Crippen LogP contribution >= 0.6 is 0 Å². The molecule has 1 aliphatic heterocycles. The van der Waals surface area contributed by atoms with Crippen LogP contribution in [0.2, 0.25) is 18.1 Å². The van der Waals surface area contributed by atoms with Crippen molar-refractivity contribution in [3.63, 3.8) is 0 Å². The molecule has 9 nitrogen and oxygen atoms in total. The lowest BCUT2D eigenvalue weighted by Crippen LogP contribution is -2.56. The highest BCUT2D eigenvalue weighted by atomic mass is 32.2. The third-order valence-electron chi connectivity index (χ3n) is 8.42. The van der Waals surface area contributed by atoms with Crippen LogP contribution in [0.15, 0.2) is 66.9 Å². The molecule has 0 unspecified atom stereocenters. The van der Waals surface area contributed by atoms with Crippen molar-refractivity contribution >= 4 is 23.7 Å². The number of imidazole rings is 1. The van der Waals surface area contributed by atoms with Crippen LogP contribution in [0.5, 0.6) is 0 Å². The smallest absolute Gasteiger partial charge is 0.308 e. The highest BCUT2D eigenvalue weighted by Crippen LogP contribution is 2.38. The number of nitrogens with zero attached hydrogens (tertiary/aromatic N) is 3. The first-order valence-electron chi connectivity index (χ1n) is 14.7. The normalized spacial score (nSPS) is 19.1. The lowest BCUT2D eigenvalue weighted by Gasteiger charge is -2.37. The SMILES string of the molecule is CN(C)S(=O)(=O)n1c([C@H](OCc2ccccc2)[C@@H](OCc2ccccc2)[C@@H]2COC(C)(C)O2)cnc1[Si](C)(C)C(C)(C)C. The van der Waals surface area contributed by atoms with E-state index >= 15 is 0 Å². The van der Waals surface area contributed by atoms with Gasteiger partial charge in [-0.1, -0.05) is 94.5 Å². The van der Waals surface area contributed by atoms with Crippen molar-refractivity contribution in [2.75, 3.05) is 20.7 Å². The Morgan fingerprint density at radius 2 is 1.53 bits per heavy atom. The van der Waals surface area contributed by atoms with Crippen molar-refractivity contribution in [2.24, 2.45) is 0 Å². The fraction of sp³-hybridized carbons (Fsp3) is 0.531. The summed E-state index contributed by atoms with van der Waals surface area (Å²) in [6, 6.07) is 19.6. The van der Waals surface area contributed by atoms with Crippen LogP contribution < -0.4 is 5.45 Å². The molecule has 2 aromatic carbocycles. The molecule has 0 saturated carbocycles. The van der Waals surface area contributed by atoms with Crippen molar-refractivity contribution in [3.8, 4) is 0 Å². The average Bonchev–Trinajstić information content (AvgIpc) is 3.55. The summed E-state index contributed by atoms with van der Waals surface area (Å²) in [5.74, 6) is -0.828. The van der Waals surface area contributed by atoms with Crippen LogP contribution in [-0.4, -0.2) is 68.5 Å². The Balaban J connectivity index is 1.89. The molecule has 0 aliphatic carbocycles. The highest BCUT2D eigenvalue weighted by molar-refractivity contribution is 7.87. The van der Waals surface area contributed by atoms with Gasteiger partial charge in [-0.05, 0) is 30.0 Å². The van der Waals surface area contributed by atoms with E-state index in [0.717, 1.165) is 11.1 Å². The van der Waals surface area contributed by atoms with Gasteiger partial charge in [0, 0.05) is 14.1 Å². The Labute approximate surface area is 258 Å². The summed E-state index contributed by atoms with van der Waals surface area (Å²) >= 11 is 0. The summed E-state index contributed by atoms with van der Waals surface area (Å²) in [5.41, 5.74) is 2.88. The summed E-state index contributed by atoms with van der Waals surface area (Å²) in [6.07, 6.45) is -0.453. The van der Waals surface area contributed by atoms with Crippen LogP contribution in [0.4, 0.5) is 0 Å². The van der Waals surface area contributed by atoms with Gasteiger partial charge in [-0.3, -0.25) is 0 Å². The summed E-state index contributed by atoms with van der Waals surface area (Å²) in [6.45, 7) is 15.2. The van der Waals surface area contributed by atoms with Crippen molar-refractivity contribution in [1.82, 2.24) is 13.3 Å². The first-order valence-corrected chi connectivity index (χ1v) is 19.1. The minimum absolute atomic E-state index is 0.175. The zero-order valence-corrected chi connectivity index (χ0v) is 28.7. The predicted molar refractivity (Wildman–Crippen MR) is 171 cm³/mol. The van der Waals surface area contributed by atoms with Crippen LogP contribution in [0.25, 0.3) is 0 Å². The Morgan fingerprint density at radius 1 is 1.00 bits per heavy atom. The van der Waals surface area contributed by atoms with Gasteiger partial charge in [0.25, 0.3) is 0 Å². The zero-order valence-electron chi connectivity index (χ0n) is 26.9. The first kappa shape index (κ1) is 33.5. The van der Waals surface area contributed by atoms with Gasteiger partial charge in [-0.2, -0.15) is 12.7 Å². The molecule has 11 heteroatoms. The molecule has 0 N–H and O–H groups in total. The molecule has 1 aromatic heterocycles. The number of aromatic nitrogens is 2. The summed E-state index contributed by atoms with van der Waals surface area (Å²) in [5, 5.41) is -0.175. The zero-order chi connectivity index (χ0) is 31.6. The van der Waals surface area contributed by atoms with Crippen molar-refractivity contribution in [1.29, 1.82) is 0 Å². The fourth-order valence-electron chi connectivity index (χ4n) is 4.84.